The Morgan fingerprint density at radius 2 is 0.710 bits per heavy atom. The second kappa shape index (κ2) is 52.7. The van der Waals surface area contributed by atoms with Gasteiger partial charge in [0.05, 0.1) is 6.61 Å². The van der Waals surface area contributed by atoms with Gasteiger partial charge in [0.2, 0.25) is 0 Å². The Kier molecular flexibility index (Phi) is 50.4. The van der Waals surface area contributed by atoms with Crippen LogP contribution < -0.4 is 0 Å². The van der Waals surface area contributed by atoms with Gasteiger partial charge in [-0.3, -0.25) is 9.59 Å². The highest BCUT2D eigenvalue weighted by Gasteiger charge is 2.17. The zero-order valence-electron chi connectivity index (χ0n) is 41.1. The molecule has 0 aliphatic heterocycles. The quantitative estimate of drug-likeness (QED) is 0.0346. The number of unbranched alkanes of at least 4 members (excludes halogenated alkanes) is 25. The number of hydrogen-bond acceptors (Lipinski definition) is 5. The lowest BCUT2D eigenvalue weighted by molar-refractivity contribution is -0.163. The van der Waals surface area contributed by atoms with Crippen molar-refractivity contribution in [2.45, 2.75) is 258 Å². The summed E-state index contributed by atoms with van der Waals surface area (Å²) in [7, 11) is 0. The summed E-state index contributed by atoms with van der Waals surface area (Å²) in [6.07, 6.45) is 67.6. The van der Waals surface area contributed by atoms with Crippen LogP contribution in [0.25, 0.3) is 0 Å². The van der Waals surface area contributed by atoms with Gasteiger partial charge in [-0.1, -0.05) is 203 Å². The summed E-state index contributed by atoms with van der Waals surface area (Å²) in [5.41, 5.74) is 0. The number of ether oxygens (including phenoxy) is 3. The predicted molar refractivity (Wildman–Crippen MR) is 270 cm³/mol. The first kappa shape index (κ1) is 59.3. The molecule has 0 heterocycles. The first-order valence-electron chi connectivity index (χ1n) is 26.5. The van der Waals surface area contributed by atoms with Crippen LogP contribution in [0.15, 0.2) is 72.9 Å². The molecule has 0 aromatic rings. The van der Waals surface area contributed by atoms with Crippen LogP contribution in [0, 0.1) is 0 Å². The third-order valence-electron chi connectivity index (χ3n) is 11.2. The fraction of sp³-hybridized carbons (Fsp3) is 0.754. The van der Waals surface area contributed by atoms with Gasteiger partial charge in [0.25, 0.3) is 0 Å². The van der Waals surface area contributed by atoms with Gasteiger partial charge in [-0.15, -0.1) is 0 Å². The van der Waals surface area contributed by atoms with Gasteiger partial charge in [-0.25, -0.2) is 0 Å². The summed E-state index contributed by atoms with van der Waals surface area (Å²) >= 11 is 0. The topological polar surface area (TPSA) is 61.8 Å². The summed E-state index contributed by atoms with van der Waals surface area (Å²) in [5.74, 6) is -0.425. The highest BCUT2D eigenvalue weighted by atomic mass is 16.6. The van der Waals surface area contributed by atoms with E-state index in [4.69, 9.17) is 14.2 Å². The van der Waals surface area contributed by atoms with Crippen molar-refractivity contribution in [3.05, 3.63) is 72.9 Å². The third kappa shape index (κ3) is 50.0. The van der Waals surface area contributed by atoms with Gasteiger partial charge in [-0.05, 0) is 109 Å². The molecule has 0 fully saturated rings. The number of rotatable bonds is 48. The Morgan fingerprint density at radius 3 is 1.13 bits per heavy atom. The van der Waals surface area contributed by atoms with E-state index in [1.165, 1.54) is 141 Å². The zero-order valence-corrected chi connectivity index (χ0v) is 41.1. The van der Waals surface area contributed by atoms with E-state index in [1.54, 1.807) is 0 Å². The molecule has 0 saturated carbocycles. The summed E-state index contributed by atoms with van der Waals surface area (Å²) in [4.78, 5) is 25.4. The van der Waals surface area contributed by atoms with Crippen molar-refractivity contribution in [3.63, 3.8) is 0 Å². The van der Waals surface area contributed by atoms with E-state index >= 15 is 0 Å². The van der Waals surface area contributed by atoms with E-state index in [0.717, 1.165) is 77.0 Å². The van der Waals surface area contributed by atoms with Gasteiger partial charge in [0.15, 0.2) is 6.10 Å². The van der Waals surface area contributed by atoms with Crippen LogP contribution in [-0.4, -0.2) is 37.9 Å². The first-order chi connectivity index (χ1) is 30.6. The first-order valence-corrected chi connectivity index (χ1v) is 26.5. The largest absolute Gasteiger partial charge is 0.462 e. The molecule has 1 atom stereocenters. The Hall–Kier alpha value is -2.66. The molecule has 0 N–H and O–H groups in total. The van der Waals surface area contributed by atoms with E-state index in [0.29, 0.717) is 19.4 Å². The van der Waals surface area contributed by atoms with Crippen molar-refractivity contribution in [2.24, 2.45) is 0 Å². The molecule has 0 aliphatic carbocycles. The lowest BCUT2D eigenvalue weighted by Crippen LogP contribution is -2.30. The molecular formula is C57H100O5. The maximum Gasteiger partial charge on any atom is 0.306 e. The van der Waals surface area contributed by atoms with Crippen molar-refractivity contribution in [1.29, 1.82) is 0 Å². The van der Waals surface area contributed by atoms with E-state index < -0.39 is 6.10 Å². The van der Waals surface area contributed by atoms with E-state index in [1.807, 2.05) is 0 Å². The second-order valence-electron chi connectivity index (χ2n) is 17.4. The summed E-state index contributed by atoms with van der Waals surface area (Å²) < 4.78 is 17.4. The highest BCUT2D eigenvalue weighted by Crippen LogP contribution is 2.14. The molecule has 0 amide bonds. The van der Waals surface area contributed by atoms with Crippen LogP contribution in [0.4, 0.5) is 0 Å². The normalized spacial score (nSPS) is 12.8. The number of allylic oxidation sites excluding steroid dienone is 12. The van der Waals surface area contributed by atoms with Crippen LogP contribution >= 0.6 is 0 Å². The maximum atomic E-state index is 12.8. The zero-order chi connectivity index (χ0) is 44.9. The molecule has 5 nitrogen and oxygen atoms in total. The minimum atomic E-state index is -0.554. The smallest absolute Gasteiger partial charge is 0.306 e. The molecule has 1 unspecified atom stereocenters. The fourth-order valence-electron chi connectivity index (χ4n) is 7.20. The van der Waals surface area contributed by atoms with Crippen molar-refractivity contribution < 1.29 is 23.8 Å². The molecule has 0 radical (unpaired) electrons. The summed E-state index contributed by atoms with van der Waals surface area (Å²) in [6.45, 7) is 7.68. The van der Waals surface area contributed by atoms with Gasteiger partial charge < -0.3 is 14.2 Å². The molecule has 5 heteroatoms. The van der Waals surface area contributed by atoms with Gasteiger partial charge in [0.1, 0.15) is 6.61 Å². The van der Waals surface area contributed by atoms with E-state index in [-0.39, 0.29) is 25.2 Å². The molecule has 0 aromatic heterocycles. The Bertz CT molecular complexity index is 1110. The molecule has 0 spiro atoms. The minimum absolute atomic E-state index is 0.0694. The van der Waals surface area contributed by atoms with E-state index in [9.17, 15) is 9.59 Å². The molecule has 358 valence electrons. The summed E-state index contributed by atoms with van der Waals surface area (Å²) in [6, 6.07) is 0. The van der Waals surface area contributed by atoms with Crippen LogP contribution in [0.1, 0.15) is 252 Å². The molecule has 0 saturated heterocycles. The Morgan fingerprint density at radius 1 is 0.355 bits per heavy atom. The highest BCUT2D eigenvalue weighted by molar-refractivity contribution is 5.70. The predicted octanol–water partition coefficient (Wildman–Crippen LogP) is 17.9. The lowest BCUT2D eigenvalue weighted by Gasteiger charge is -2.18. The van der Waals surface area contributed by atoms with Crippen LogP contribution in [-0.2, 0) is 23.8 Å². The maximum absolute atomic E-state index is 12.8. The van der Waals surface area contributed by atoms with Gasteiger partial charge >= 0.3 is 11.9 Å². The number of esters is 2. The molecular weight excluding hydrogens is 765 g/mol. The van der Waals surface area contributed by atoms with Gasteiger partial charge in [-0.2, -0.15) is 0 Å². The molecule has 0 aliphatic rings. The lowest BCUT2D eigenvalue weighted by atomic mass is 10.1. The van der Waals surface area contributed by atoms with Crippen molar-refractivity contribution >= 4 is 11.9 Å². The molecule has 0 bridgehead atoms. The minimum Gasteiger partial charge on any atom is -0.462 e. The second-order valence-corrected chi connectivity index (χ2v) is 17.4. The monoisotopic (exact) mass is 865 g/mol. The molecule has 62 heavy (non-hydrogen) atoms. The average Bonchev–Trinajstić information content (AvgIpc) is 3.27. The Balaban J connectivity index is 4.32. The fourth-order valence-corrected chi connectivity index (χ4v) is 7.20. The van der Waals surface area contributed by atoms with Crippen molar-refractivity contribution in [2.75, 3.05) is 19.8 Å². The third-order valence-corrected chi connectivity index (χ3v) is 11.2. The molecule has 0 rings (SSSR count). The number of carbonyl (C=O) groups excluding carboxylic acids is 2. The molecule has 0 aromatic carbocycles. The SMILES string of the molecule is CCC/C=C\C/C=C\CCCCCCCCOCC(COC(=O)CCCCCCCCC/C=C\C/C=C\CCCCC)OC(=O)CCCCCCC/C=C\C/C=C\CCCCC. The van der Waals surface area contributed by atoms with Gasteiger partial charge in [0, 0.05) is 19.4 Å². The average molecular weight is 865 g/mol. The number of hydrogen-bond donors (Lipinski definition) is 0. The Labute approximate surface area is 385 Å². The van der Waals surface area contributed by atoms with Crippen LogP contribution in [0.3, 0.4) is 0 Å². The van der Waals surface area contributed by atoms with Crippen molar-refractivity contribution in [3.8, 4) is 0 Å². The van der Waals surface area contributed by atoms with Crippen molar-refractivity contribution in [1.82, 2.24) is 0 Å². The van der Waals surface area contributed by atoms with E-state index in [2.05, 4.69) is 93.7 Å². The van der Waals surface area contributed by atoms with Crippen LogP contribution in [0.5, 0.6) is 0 Å². The van der Waals surface area contributed by atoms with Crippen LogP contribution in [0.2, 0.25) is 0 Å². The standard InChI is InChI=1S/C57H100O5/c1-4-7-10-13-16-19-22-25-28-29-31-32-35-38-41-44-47-50-56(58)61-54-55(53-60-52-49-46-43-40-37-34-27-24-21-18-15-12-9-6-3)62-57(59)51-48-45-42-39-36-33-30-26-23-20-17-14-11-8-5-2/h12,15-17,19-21,24-26,28,30,55H,4-11,13-14,18,22-23,27,29,31-54H2,1-3H3/b15-12-,19-16-,20-17-,24-21-,28-25-,30-26-. The number of carbonyl (C=O) groups is 2. The summed E-state index contributed by atoms with van der Waals surface area (Å²) in [5, 5.41) is 0.